The van der Waals surface area contributed by atoms with Crippen LogP contribution in [0.25, 0.3) is 0 Å². The zero-order chi connectivity index (χ0) is 16.3. The summed E-state index contributed by atoms with van der Waals surface area (Å²) in [7, 11) is -3.75. The molecule has 2 aromatic rings. The van der Waals surface area contributed by atoms with Crippen LogP contribution >= 0.6 is 0 Å². The molecule has 0 unspecified atom stereocenters. The van der Waals surface area contributed by atoms with Crippen LogP contribution in [-0.2, 0) is 10.0 Å². The third kappa shape index (κ3) is 3.90. The molecule has 0 aliphatic carbocycles. The van der Waals surface area contributed by atoms with Crippen LogP contribution in [0.2, 0.25) is 0 Å². The summed E-state index contributed by atoms with van der Waals surface area (Å²) in [6, 6.07) is 10.9. The minimum atomic E-state index is -3.75. The summed E-state index contributed by atoms with van der Waals surface area (Å²) in [5.41, 5.74) is 0.921. The Bertz CT molecular complexity index is 789. The number of nitrogens with two attached hydrogens (primary N) is 1. The summed E-state index contributed by atoms with van der Waals surface area (Å²) in [4.78, 5) is 12.0. The molecule has 0 spiro atoms. The van der Waals surface area contributed by atoms with Gasteiger partial charge in [0.2, 0.25) is 10.0 Å². The number of sulfonamides is 1. The van der Waals surface area contributed by atoms with Gasteiger partial charge in [0.15, 0.2) is 0 Å². The first-order valence-corrected chi connectivity index (χ1v) is 8.01. The Morgan fingerprint density at radius 3 is 2.36 bits per heavy atom. The number of primary sulfonamides is 1. The van der Waals surface area contributed by atoms with Crippen molar-refractivity contribution in [3.8, 4) is 0 Å². The number of rotatable bonds is 4. The lowest BCUT2D eigenvalue weighted by atomic mass is 10.1. The van der Waals surface area contributed by atoms with Crippen molar-refractivity contribution in [1.29, 1.82) is 0 Å². The van der Waals surface area contributed by atoms with E-state index < -0.39 is 21.7 Å². The van der Waals surface area contributed by atoms with Crippen LogP contribution in [0.15, 0.2) is 53.4 Å². The molecule has 0 saturated heterocycles. The van der Waals surface area contributed by atoms with Gasteiger partial charge in [-0.05, 0) is 42.8 Å². The molecule has 2 rings (SSSR count). The minimum Gasteiger partial charge on any atom is -0.346 e. The first kappa shape index (κ1) is 16.1. The van der Waals surface area contributed by atoms with Crippen molar-refractivity contribution in [2.75, 3.05) is 0 Å². The van der Waals surface area contributed by atoms with Gasteiger partial charge in [-0.25, -0.2) is 17.9 Å². The number of carbonyl (C=O) groups excluding carboxylic acids is 1. The highest BCUT2D eigenvalue weighted by atomic mass is 32.2. The number of nitrogens with one attached hydrogen (secondary N) is 1. The van der Waals surface area contributed by atoms with Gasteiger partial charge in [0, 0.05) is 5.56 Å². The van der Waals surface area contributed by atoms with Gasteiger partial charge in [0.1, 0.15) is 5.82 Å². The van der Waals surface area contributed by atoms with Crippen LogP contribution in [0, 0.1) is 5.82 Å². The van der Waals surface area contributed by atoms with Crippen LogP contribution in [0.4, 0.5) is 4.39 Å². The van der Waals surface area contributed by atoms with Crippen molar-refractivity contribution in [2.45, 2.75) is 17.9 Å². The topological polar surface area (TPSA) is 89.3 Å². The Labute approximate surface area is 128 Å². The second-order valence-corrected chi connectivity index (χ2v) is 6.38. The van der Waals surface area contributed by atoms with Crippen molar-refractivity contribution in [3.05, 3.63) is 65.5 Å². The molecule has 0 radical (unpaired) electrons. The molecule has 0 heterocycles. The Morgan fingerprint density at radius 1 is 1.18 bits per heavy atom. The van der Waals surface area contributed by atoms with E-state index in [1.165, 1.54) is 30.3 Å². The van der Waals surface area contributed by atoms with E-state index in [9.17, 15) is 17.6 Å². The number of amides is 1. The fourth-order valence-corrected chi connectivity index (χ4v) is 2.45. The predicted octanol–water partition coefficient (Wildman–Crippen LogP) is 1.96. The smallest absolute Gasteiger partial charge is 0.251 e. The molecular weight excluding hydrogens is 307 g/mol. The van der Waals surface area contributed by atoms with Crippen molar-refractivity contribution in [3.63, 3.8) is 0 Å². The normalized spacial score (nSPS) is 12.7. The van der Waals surface area contributed by atoms with Crippen molar-refractivity contribution in [2.24, 2.45) is 5.14 Å². The van der Waals surface area contributed by atoms with Crippen LogP contribution < -0.4 is 10.5 Å². The SMILES string of the molecule is C[C@H](NC(=O)c1cccc(F)c1)c1ccc(S(N)(=O)=O)cc1. The quantitative estimate of drug-likeness (QED) is 0.902. The van der Waals surface area contributed by atoms with E-state index in [2.05, 4.69) is 5.32 Å². The lowest BCUT2D eigenvalue weighted by Gasteiger charge is -2.14. The number of hydrogen-bond donors (Lipinski definition) is 2. The number of benzene rings is 2. The number of carbonyl (C=O) groups is 1. The third-order valence-electron chi connectivity index (χ3n) is 3.14. The highest BCUT2D eigenvalue weighted by Crippen LogP contribution is 2.16. The molecule has 0 saturated carbocycles. The maximum absolute atomic E-state index is 13.1. The molecular formula is C15H15FN2O3S. The fourth-order valence-electron chi connectivity index (χ4n) is 1.94. The Balaban J connectivity index is 2.12. The zero-order valence-electron chi connectivity index (χ0n) is 11.8. The molecule has 3 N–H and O–H groups in total. The first-order valence-electron chi connectivity index (χ1n) is 6.46. The molecule has 7 heteroatoms. The zero-order valence-corrected chi connectivity index (χ0v) is 12.6. The van der Waals surface area contributed by atoms with Crippen LogP contribution in [-0.4, -0.2) is 14.3 Å². The summed E-state index contributed by atoms with van der Waals surface area (Å²) in [5.74, 6) is -0.902. The summed E-state index contributed by atoms with van der Waals surface area (Å²) < 4.78 is 35.5. The maximum atomic E-state index is 13.1. The van der Waals surface area contributed by atoms with Gasteiger partial charge in [-0.3, -0.25) is 4.79 Å². The largest absolute Gasteiger partial charge is 0.346 e. The molecule has 0 aromatic heterocycles. The second-order valence-electron chi connectivity index (χ2n) is 4.82. The summed E-state index contributed by atoms with van der Waals surface area (Å²) >= 11 is 0. The Kier molecular flexibility index (Phi) is 4.58. The molecule has 0 bridgehead atoms. The van der Waals surface area contributed by atoms with Crippen LogP contribution in [0.3, 0.4) is 0 Å². The van der Waals surface area contributed by atoms with E-state index in [4.69, 9.17) is 5.14 Å². The Hall–Kier alpha value is -2.25. The summed E-state index contributed by atoms with van der Waals surface area (Å²) in [5, 5.41) is 7.73. The average molecular weight is 322 g/mol. The Morgan fingerprint density at radius 2 is 1.82 bits per heavy atom. The van der Waals surface area contributed by atoms with Gasteiger partial charge in [-0.1, -0.05) is 18.2 Å². The average Bonchev–Trinajstić information content (AvgIpc) is 2.46. The lowest BCUT2D eigenvalue weighted by molar-refractivity contribution is 0.0939. The van der Waals surface area contributed by atoms with E-state index in [1.54, 1.807) is 19.1 Å². The maximum Gasteiger partial charge on any atom is 0.251 e. The standard InChI is InChI=1S/C15H15FN2O3S/c1-10(11-5-7-14(8-6-11)22(17,20)21)18-15(19)12-3-2-4-13(16)9-12/h2-10H,1H3,(H,18,19)(H2,17,20,21)/t10-/m0/s1. The highest BCUT2D eigenvalue weighted by molar-refractivity contribution is 7.89. The van der Waals surface area contributed by atoms with Crippen molar-refractivity contribution < 1.29 is 17.6 Å². The van der Waals surface area contributed by atoms with Gasteiger partial charge in [0.05, 0.1) is 10.9 Å². The fraction of sp³-hybridized carbons (Fsp3) is 0.133. The first-order chi connectivity index (χ1) is 10.3. The monoisotopic (exact) mass is 322 g/mol. The minimum absolute atomic E-state index is 0.0000861. The van der Waals surface area contributed by atoms with Crippen LogP contribution in [0.1, 0.15) is 28.9 Å². The summed E-state index contributed by atoms with van der Waals surface area (Å²) in [6.45, 7) is 1.74. The van der Waals surface area contributed by atoms with Crippen LogP contribution in [0.5, 0.6) is 0 Å². The number of hydrogen-bond acceptors (Lipinski definition) is 3. The molecule has 1 amide bonds. The summed E-state index contributed by atoms with van der Waals surface area (Å²) in [6.07, 6.45) is 0. The van der Waals surface area contributed by atoms with Crippen molar-refractivity contribution in [1.82, 2.24) is 5.32 Å². The lowest BCUT2D eigenvalue weighted by Crippen LogP contribution is -2.26. The molecule has 0 aliphatic heterocycles. The van der Waals surface area contributed by atoms with E-state index in [0.29, 0.717) is 5.56 Å². The molecule has 0 aliphatic rings. The van der Waals surface area contributed by atoms with E-state index >= 15 is 0 Å². The molecule has 1 atom stereocenters. The van der Waals surface area contributed by atoms with Gasteiger partial charge >= 0.3 is 0 Å². The third-order valence-corrected chi connectivity index (χ3v) is 4.07. The molecule has 2 aromatic carbocycles. The molecule has 116 valence electrons. The second kappa shape index (κ2) is 6.25. The van der Waals surface area contributed by atoms with Gasteiger partial charge in [0.25, 0.3) is 5.91 Å². The van der Waals surface area contributed by atoms with Gasteiger partial charge in [-0.15, -0.1) is 0 Å². The highest BCUT2D eigenvalue weighted by Gasteiger charge is 2.13. The molecule has 0 fully saturated rings. The molecule has 5 nitrogen and oxygen atoms in total. The predicted molar refractivity (Wildman–Crippen MR) is 80.1 cm³/mol. The van der Waals surface area contributed by atoms with E-state index in [1.807, 2.05) is 0 Å². The molecule has 22 heavy (non-hydrogen) atoms. The van der Waals surface area contributed by atoms with Gasteiger partial charge < -0.3 is 5.32 Å². The number of halogens is 1. The van der Waals surface area contributed by atoms with E-state index in [-0.39, 0.29) is 16.5 Å². The van der Waals surface area contributed by atoms with Crippen molar-refractivity contribution >= 4 is 15.9 Å². The van der Waals surface area contributed by atoms with E-state index in [0.717, 1.165) is 6.07 Å². The van der Waals surface area contributed by atoms with Gasteiger partial charge in [-0.2, -0.15) is 0 Å².